The Balaban J connectivity index is 1.87. The summed E-state index contributed by atoms with van der Waals surface area (Å²) in [6.45, 7) is 1.92. The van der Waals surface area contributed by atoms with Gasteiger partial charge < -0.3 is 15.7 Å². The number of hydrogen-bond acceptors (Lipinski definition) is 3. The van der Waals surface area contributed by atoms with E-state index in [2.05, 4.69) is 10.6 Å². The van der Waals surface area contributed by atoms with Gasteiger partial charge in [-0.25, -0.2) is 4.79 Å². The molecule has 108 valence electrons. The van der Waals surface area contributed by atoms with Crippen LogP contribution in [0, 0.1) is 5.92 Å². The molecule has 1 aliphatic carbocycles. The normalized spacial score (nSPS) is 31.5. The van der Waals surface area contributed by atoms with E-state index in [1.807, 2.05) is 6.92 Å². The zero-order valence-electron chi connectivity index (χ0n) is 11.5. The van der Waals surface area contributed by atoms with E-state index in [0.717, 1.165) is 19.3 Å². The standard InChI is InChI=1S/C14H24N2O3/c1-2-5-11(14(18)19)16-13(17)12-8-9-6-3-4-7-10(9)15-12/h9-12,15H,2-8H2,1H3,(H,16,17)(H,18,19)/t9?,10?,11-,12?/m1/s1. The number of hydrogen-bond donors (Lipinski definition) is 3. The van der Waals surface area contributed by atoms with Crippen molar-refractivity contribution in [3.8, 4) is 0 Å². The van der Waals surface area contributed by atoms with Gasteiger partial charge in [0.2, 0.25) is 5.91 Å². The van der Waals surface area contributed by atoms with Crippen molar-refractivity contribution in [1.82, 2.24) is 10.6 Å². The molecule has 5 heteroatoms. The minimum atomic E-state index is -0.939. The third-order valence-corrected chi connectivity index (χ3v) is 4.37. The highest BCUT2D eigenvalue weighted by Gasteiger charge is 2.38. The number of carbonyl (C=O) groups excluding carboxylic acids is 1. The van der Waals surface area contributed by atoms with E-state index in [0.29, 0.717) is 18.4 Å². The fraction of sp³-hybridized carbons (Fsp3) is 0.857. The molecule has 1 aliphatic heterocycles. The zero-order chi connectivity index (χ0) is 13.8. The molecule has 0 aromatic heterocycles. The third kappa shape index (κ3) is 3.47. The topological polar surface area (TPSA) is 78.4 Å². The predicted octanol–water partition coefficient (Wildman–Crippen LogP) is 1.28. The molecule has 5 nitrogen and oxygen atoms in total. The van der Waals surface area contributed by atoms with Crippen molar-refractivity contribution in [2.45, 2.75) is 70.0 Å². The molecule has 19 heavy (non-hydrogen) atoms. The number of rotatable bonds is 5. The molecule has 0 bridgehead atoms. The number of amides is 1. The van der Waals surface area contributed by atoms with E-state index in [1.54, 1.807) is 0 Å². The first kappa shape index (κ1) is 14.3. The van der Waals surface area contributed by atoms with Gasteiger partial charge in [-0.3, -0.25) is 4.79 Å². The van der Waals surface area contributed by atoms with Crippen LogP contribution in [-0.4, -0.2) is 35.1 Å². The van der Waals surface area contributed by atoms with Crippen LogP contribution in [-0.2, 0) is 9.59 Å². The Morgan fingerprint density at radius 1 is 1.37 bits per heavy atom. The van der Waals surface area contributed by atoms with E-state index in [9.17, 15) is 9.59 Å². The number of fused-ring (bicyclic) bond motifs is 1. The summed E-state index contributed by atoms with van der Waals surface area (Å²) in [5.74, 6) is -0.486. The summed E-state index contributed by atoms with van der Waals surface area (Å²) in [5.41, 5.74) is 0. The molecular weight excluding hydrogens is 244 g/mol. The number of aliphatic carboxylic acids is 1. The third-order valence-electron chi connectivity index (χ3n) is 4.37. The lowest BCUT2D eigenvalue weighted by Gasteiger charge is -2.24. The van der Waals surface area contributed by atoms with Gasteiger partial charge in [-0.05, 0) is 31.6 Å². The van der Waals surface area contributed by atoms with Crippen LogP contribution in [0.3, 0.4) is 0 Å². The molecule has 0 aromatic rings. The van der Waals surface area contributed by atoms with Crippen LogP contribution in [0.1, 0.15) is 51.9 Å². The lowest BCUT2D eigenvalue weighted by Crippen LogP contribution is -2.49. The second-order valence-corrected chi connectivity index (χ2v) is 5.79. The van der Waals surface area contributed by atoms with Gasteiger partial charge in [0.15, 0.2) is 0 Å². The fourth-order valence-corrected chi connectivity index (χ4v) is 3.34. The lowest BCUT2D eigenvalue weighted by molar-refractivity contribution is -0.142. The van der Waals surface area contributed by atoms with Crippen LogP contribution >= 0.6 is 0 Å². The van der Waals surface area contributed by atoms with Gasteiger partial charge in [0, 0.05) is 6.04 Å². The highest BCUT2D eigenvalue weighted by atomic mass is 16.4. The van der Waals surface area contributed by atoms with Crippen molar-refractivity contribution in [3.05, 3.63) is 0 Å². The quantitative estimate of drug-likeness (QED) is 0.702. The molecule has 2 rings (SSSR count). The molecule has 1 saturated heterocycles. The van der Waals surface area contributed by atoms with E-state index in [-0.39, 0.29) is 11.9 Å². The van der Waals surface area contributed by atoms with Crippen molar-refractivity contribution in [2.75, 3.05) is 0 Å². The Labute approximate surface area is 114 Å². The average Bonchev–Trinajstić information content (AvgIpc) is 2.81. The number of carboxylic acid groups (broad SMARTS) is 1. The predicted molar refractivity (Wildman–Crippen MR) is 71.8 cm³/mol. The van der Waals surface area contributed by atoms with Crippen molar-refractivity contribution in [3.63, 3.8) is 0 Å². The summed E-state index contributed by atoms with van der Waals surface area (Å²) in [4.78, 5) is 23.2. The maximum absolute atomic E-state index is 12.1. The summed E-state index contributed by atoms with van der Waals surface area (Å²) in [6.07, 6.45) is 6.92. The van der Waals surface area contributed by atoms with Gasteiger partial charge in [0.1, 0.15) is 6.04 Å². The zero-order valence-corrected chi connectivity index (χ0v) is 11.5. The highest BCUT2D eigenvalue weighted by molar-refractivity contribution is 5.87. The Kier molecular flexibility index (Phi) is 4.80. The number of nitrogens with one attached hydrogen (secondary N) is 2. The summed E-state index contributed by atoms with van der Waals surface area (Å²) in [5, 5.41) is 15.1. The van der Waals surface area contributed by atoms with Crippen molar-refractivity contribution in [2.24, 2.45) is 5.92 Å². The summed E-state index contributed by atoms with van der Waals surface area (Å²) in [7, 11) is 0. The van der Waals surface area contributed by atoms with Gasteiger partial charge in [-0.1, -0.05) is 26.2 Å². The van der Waals surface area contributed by atoms with Crippen molar-refractivity contribution < 1.29 is 14.7 Å². The molecule has 4 atom stereocenters. The molecule has 0 spiro atoms. The highest BCUT2D eigenvalue weighted by Crippen LogP contribution is 2.33. The SMILES string of the molecule is CCC[C@@H](NC(=O)C1CC2CCCCC2N1)C(=O)O. The molecule has 0 aromatic carbocycles. The molecule has 1 amide bonds. The van der Waals surface area contributed by atoms with Crippen LogP contribution < -0.4 is 10.6 Å². The molecule has 2 fully saturated rings. The van der Waals surface area contributed by atoms with Crippen molar-refractivity contribution >= 4 is 11.9 Å². The molecule has 1 heterocycles. The summed E-state index contributed by atoms with van der Waals surface area (Å²) >= 11 is 0. The maximum atomic E-state index is 12.1. The number of carbonyl (C=O) groups is 2. The van der Waals surface area contributed by atoms with Crippen LogP contribution in [0.5, 0.6) is 0 Å². The second kappa shape index (κ2) is 6.37. The Hall–Kier alpha value is -1.10. The van der Waals surface area contributed by atoms with Crippen molar-refractivity contribution in [1.29, 1.82) is 0 Å². The first-order chi connectivity index (χ1) is 9.11. The summed E-state index contributed by atoms with van der Waals surface area (Å²) < 4.78 is 0. The largest absolute Gasteiger partial charge is 0.480 e. The first-order valence-electron chi connectivity index (χ1n) is 7.41. The monoisotopic (exact) mass is 268 g/mol. The van der Waals surface area contributed by atoms with Gasteiger partial charge in [0.05, 0.1) is 6.04 Å². The van der Waals surface area contributed by atoms with Crippen LogP contribution in [0.2, 0.25) is 0 Å². The van der Waals surface area contributed by atoms with E-state index in [1.165, 1.54) is 19.3 Å². The van der Waals surface area contributed by atoms with Crippen LogP contribution in [0.15, 0.2) is 0 Å². The Morgan fingerprint density at radius 2 is 2.11 bits per heavy atom. The molecule has 3 N–H and O–H groups in total. The van der Waals surface area contributed by atoms with Gasteiger partial charge in [0.25, 0.3) is 0 Å². The minimum Gasteiger partial charge on any atom is -0.480 e. The molecule has 1 saturated carbocycles. The minimum absolute atomic E-state index is 0.143. The Morgan fingerprint density at radius 3 is 2.74 bits per heavy atom. The maximum Gasteiger partial charge on any atom is 0.326 e. The average molecular weight is 268 g/mol. The first-order valence-corrected chi connectivity index (χ1v) is 7.41. The van der Waals surface area contributed by atoms with E-state index >= 15 is 0 Å². The van der Waals surface area contributed by atoms with Gasteiger partial charge >= 0.3 is 5.97 Å². The molecular formula is C14H24N2O3. The van der Waals surface area contributed by atoms with Crippen LogP contribution in [0.25, 0.3) is 0 Å². The second-order valence-electron chi connectivity index (χ2n) is 5.79. The fourth-order valence-electron chi connectivity index (χ4n) is 3.34. The Bertz CT molecular complexity index is 332. The molecule has 0 radical (unpaired) electrons. The molecule has 2 aliphatic rings. The lowest BCUT2D eigenvalue weighted by atomic mass is 9.85. The smallest absolute Gasteiger partial charge is 0.326 e. The van der Waals surface area contributed by atoms with Gasteiger partial charge in [-0.15, -0.1) is 0 Å². The summed E-state index contributed by atoms with van der Waals surface area (Å²) in [6, 6.07) is -0.493. The van der Waals surface area contributed by atoms with E-state index in [4.69, 9.17) is 5.11 Å². The van der Waals surface area contributed by atoms with Gasteiger partial charge in [-0.2, -0.15) is 0 Å². The molecule has 3 unspecified atom stereocenters. The van der Waals surface area contributed by atoms with Crippen LogP contribution in [0.4, 0.5) is 0 Å². The number of carboxylic acids is 1. The van der Waals surface area contributed by atoms with E-state index < -0.39 is 12.0 Å².